The molecule has 0 aromatic heterocycles. The van der Waals surface area contributed by atoms with Crippen molar-refractivity contribution in [2.75, 3.05) is 39.6 Å². The zero-order valence-electron chi connectivity index (χ0n) is 21.0. The number of benzene rings is 2. The summed E-state index contributed by atoms with van der Waals surface area (Å²) in [6.07, 6.45) is 3.37. The number of aliphatic hydroxyl groups is 2. The molecule has 1 aliphatic rings. The predicted molar refractivity (Wildman–Crippen MR) is 134 cm³/mol. The van der Waals surface area contributed by atoms with Crippen molar-refractivity contribution in [1.29, 1.82) is 0 Å². The van der Waals surface area contributed by atoms with Crippen LogP contribution in [0.5, 0.6) is 0 Å². The summed E-state index contributed by atoms with van der Waals surface area (Å²) in [5.41, 5.74) is 1.23. The molecular weight excluding hydrogens is 496 g/mol. The van der Waals surface area contributed by atoms with E-state index in [4.69, 9.17) is 29.2 Å². The number of hydrogen-bond donors (Lipinski definition) is 2. The van der Waals surface area contributed by atoms with Gasteiger partial charge in [-0.25, -0.2) is 19.2 Å². The summed E-state index contributed by atoms with van der Waals surface area (Å²) in [4.78, 5) is 48.2. The molecule has 1 saturated carbocycles. The van der Waals surface area contributed by atoms with Crippen LogP contribution in [-0.4, -0.2) is 73.7 Å². The Balaban J connectivity index is 1.35. The molecule has 2 aromatic rings. The topological polar surface area (TPSA) is 146 Å². The van der Waals surface area contributed by atoms with Gasteiger partial charge in [0.1, 0.15) is 13.2 Å². The first-order chi connectivity index (χ1) is 18.4. The molecule has 10 heteroatoms. The Hall–Kier alpha value is -3.76. The maximum atomic E-state index is 12.4. The number of hydrogen-bond acceptors (Lipinski definition) is 10. The van der Waals surface area contributed by atoms with Gasteiger partial charge in [0, 0.05) is 0 Å². The molecular formula is C28H32O10. The highest BCUT2D eigenvalue weighted by atomic mass is 16.5. The van der Waals surface area contributed by atoms with E-state index in [-0.39, 0.29) is 49.4 Å². The lowest BCUT2D eigenvalue weighted by molar-refractivity contribution is 0.0297. The molecule has 0 bridgehead atoms. The van der Waals surface area contributed by atoms with Crippen molar-refractivity contribution >= 4 is 23.9 Å². The van der Waals surface area contributed by atoms with Crippen LogP contribution in [-0.2, 0) is 18.9 Å². The van der Waals surface area contributed by atoms with Crippen LogP contribution in [0.1, 0.15) is 67.1 Å². The van der Waals surface area contributed by atoms with Gasteiger partial charge in [-0.2, -0.15) is 0 Å². The zero-order valence-corrected chi connectivity index (χ0v) is 21.0. The second-order valence-electron chi connectivity index (χ2n) is 8.96. The van der Waals surface area contributed by atoms with Gasteiger partial charge in [0.2, 0.25) is 0 Å². The van der Waals surface area contributed by atoms with Gasteiger partial charge in [0.15, 0.2) is 0 Å². The van der Waals surface area contributed by atoms with Gasteiger partial charge in [0.25, 0.3) is 0 Å². The molecule has 0 heterocycles. The summed E-state index contributed by atoms with van der Waals surface area (Å²) >= 11 is 0. The van der Waals surface area contributed by atoms with E-state index in [1.165, 1.54) is 48.5 Å². The van der Waals surface area contributed by atoms with Crippen molar-refractivity contribution in [3.8, 4) is 0 Å². The highest BCUT2D eigenvalue weighted by Gasteiger charge is 2.24. The van der Waals surface area contributed by atoms with E-state index >= 15 is 0 Å². The van der Waals surface area contributed by atoms with E-state index in [0.717, 1.165) is 25.7 Å². The van der Waals surface area contributed by atoms with Crippen LogP contribution in [0, 0.1) is 11.8 Å². The average Bonchev–Trinajstić information content (AvgIpc) is 2.96. The first-order valence-corrected chi connectivity index (χ1v) is 12.5. The molecule has 0 amide bonds. The molecule has 2 N–H and O–H groups in total. The second kappa shape index (κ2) is 14.8. The van der Waals surface area contributed by atoms with Crippen LogP contribution in [0.25, 0.3) is 0 Å². The van der Waals surface area contributed by atoms with Crippen LogP contribution >= 0.6 is 0 Å². The normalized spacial score (nSPS) is 16.8. The number of carbonyl (C=O) groups is 4. The smallest absolute Gasteiger partial charge is 0.338 e. The molecule has 204 valence electrons. The Morgan fingerprint density at radius 1 is 0.526 bits per heavy atom. The van der Waals surface area contributed by atoms with Gasteiger partial charge in [-0.3, -0.25) is 0 Å². The van der Waals surface area contributed by atoms with E-state index in [1.807, 2.05) is 0 Å². The zero-order chi connectivity index (χ0) is 27.3. The van der Waals surface area contributed by atoms with Crippen LogP contribution in [0.3, 0.4) is 0 Å². The lowest BCUT2D eigenvalue weighted by Crippen LogP contribution is -2.24. The molecule has 10 nitrogen and oxygen atoms in total. The van der Waals surface area contributed by atoms with Crippen molar-refractivity contribution in [2.45, 2.75) is 25.7 Å². The van der Waals surface area contributed by atoms with E-state index < -0.39 is 23.9 Å². The number of carbonyl (C=O) groups excluding carboxylic acids is 4. The fourth-order valence-corrected chi connectivity index (χ4v) is 4.05. The Bertz CT molecular complexity index is 982. The largest absolute Gasteiger partial charge is 0.462 e. The first-order valence-electron chi connectivity index (χ1n) is 12.5. The van der Waals surface area contributed by atoms with Crippen molar-refractivity contribution in [1.82, 2.24) is 0 Å². The third-order valence-corrected chi connectivity index (χ3v) is 6.23. The summed E-state index contributed by atoms with van der Waals surface area (Å²) in [5, 5.41) is 17.4. The Kier molecular flexibility index (Phi) is 11.3. The summed E-state index contributed by atoms with van der Waals surface area (Å²) in [7, 11) is 0. The number of aliphatic hydroxyl groups excluding tert-OH is 2. The molecule has 0 radical (unpaired) electrons. The number of esters is 4. The Morgan fingerprint density at radius 2 is 0.789 bits per heavy atom. The van der Waals surface area contributed by atoms with E-state index in [2.05, 4.69) is 0 Å². The monoisotopic (exact) mass is 528 g/mol. The predicted octanol–water partition coefficient (Wildman–Crippen LogP) is 2.81. The lowest BCUT2D eigenvalue weighted by atomic mass is 9.83. The minimum atomic E-state index is -0.573. The fraction of sp³-hybridized carbons (Fsp3) is 0.429. The third-order valence-electron chi connectivity index (χ3n) is 6.23. The molecule has 38 heavy (non-hydrogen) atoms. The highest BCUT2D eigenvalue weighted by molar-refractivity contribution is 5.94. The first kappa shape index (κ1) is 28.8. The van der Waals surface area contributed by atoms with Crippen molar-refractivity contribution in [3.63, 3.8) is 0 Å². The molecule has 0 spiro atoms. The van der Waals surface area contributed by atoms with Crippen LogP contribution < -0.4 is 0 Å². The van der Waals surface area contributed by atoms with Crippen molar-refractivity contribution < 1.29 is 48.3 Å². The quantitative estimate of drug-likeness (QED) is 0.311. The molecule has 0 saturated heterocycles. The molecule has 0 aliphatic heterocycles. The summed E-state index contributed by atoms with van der Waals surface area (Å²) in [6.45, 7) is -0.114. The average molecular weight is 529 g/mol. The SMILES string of the molecule is O=C(OCCO)c1ccc(C(=O)OCC2CCC(COC(=O)c3ccc(C(=O)OCCO)cc3)CC2)cc1. The van der Waals surface area contributed by atoms with Crippen LogP contribution in [0.2, 0.25) is 0 Å². The molecule has 1 aliphatic carbocycles. The lowest BCUT2D eigenvalue weighted by Gasteiger charge is -2.27. The van der Waals surface area contributed by atoms with Crippen molar-refractivity contribution in [3.05, 3.63) is 70.8 Å². The van der Waals surface area contributed by atoms with Gasteiger partial charge in [-0.05, 0) is 86.1 Å². The third kappa shape index (κ3) is 8.67. The second-order valence-corrected chi connectivity index (χ2v) is 8.96. The fourth-order valence-electron chi connectivity index (χ4n) is 4.05. The van der Waals surface area contributed by atoms with Crippen LogP contribution in [0.15, 0.2) is 48.5 Å². The highest BCUT2D eigenvalue weighted by Crippen LogP contribution is 2.29. The summed E-state index contributed by atoms with van der Waals surface area (Å²) < 4.78 is 20.6. The van der Waals surface area contributed by atoms with Gasteiger partial charge in [-0.1, -0.05) is 0 Å². The Morgan fingerprint density at radius 3 is 1.05 bits per heavy atom. The summed E-state index contributed by atoms with van der Waals surface area (Å²) in [5.74, 6) is -1.64. The van der Waals surface area contributed by atoms with Crippen LogP contribution in [0.4, 0.5) is 0 Å². The van der Waals surface area contributed by atoms with Gasteiger partial charge in [-0.15, -0.1) is 0 Å². The Labute approximate surface area is 220 Å². The molecule has 0 atom stereocenters. The maximum Gasteiger partial charge on any atom is 0.338 e. The van der Waals surface area contributed by atoms with E-state index in [9.17, 15) is 19.2 Å². The standard InChI is InChI=1S/C28H32O10/c29-13-15-35-25(31)21-5-9-23(10-6-21)27(33)37-17-19-1-2-20(4-3-19)18-38-28(34)24-11-7-22(8-12-24)26(32)36-16-14-30/h5-12,19-20,29-30H,1-4,13-18H2. The minimum Gasteiger partial charge on any atom is -0.462 e. The van der Waals surface area contributed by atoms with Gasteiger partial charge < -0.3 is 29.2 Å². The minimum absolute atomic E-state index is 0.0895. The van der Waals surface area contributed by atoms with Crippen molar-refractivity contribution in [2.24, 2.45) is 11.8 Å². The van der Waals surface area contributed by atoms with Gasteiger partial charge in [0.05, 0.1) is 48.7 Å². The maximum absolute atomic E-state index is 12.4. The van der Waals surface area contributed by atoms with E-state index in [1.54, 1.807) is 0 Å². The molecule has 2 aromatic carbocycles. The molecule has 0 unspecified atom stereocenters. The van der Waals surface area contributed by atoms with Gasteiger partial charge >= 0.3 is 23.9 Å². The summed E-state index contributed by atoms with van der Waals surface area (Å²) in [6, 6.07) is 11.9. The molecule has 3 rings (SSSR count). The molecule has 1 fully saturated rings. The number of ether oxygens (including phenoxy) is 4. The van der Waals surface area contributed by atoms with E-state index in [0.29, 0.717) is 24.3 Å². The number of rotatable bonds is 12.